The second kappa shape index (κ2) is 5.14. The van der Waals surface area contributed by atoms with Gasteiger partial charge in [0.2, 0.25) is 0 Å². The Morgan fingerprint density at radius 2 is 2.20 bits per heavy atom. The molecular formula is C9H9BrCl2N2O. The summed E-state index contributed by atoms with van der Waals surface area (Å²) >= 11 is 14.6. The fourth-order valence-corrected chi connectivity index (χ4v) is 1.64. The molecule has 0 bridgehead atoms. The van der Waals surface area contributed by atoms with E-state index >= 15 is 0 Å². The van der Waals surface area contributed by atoms with E-state index < -0.39 is 0 Å². The molecule has 0 aromatic carbocycles. The molecular weight excluding hydrogens is 303 g/mol. The molecule has 1 heterocycles. The van der Waals surface area contributed by atoms with Crippen molar-refractivity contribution in [3.05, 3.63) is 36.9 Å². The van der Waals surface area contributed by atoms with Crippen molar-refractivity contribution in [1.82, 2.24) is 9.55 Å². The van der Waals surface area contributed by atoms with E-state index in [4.69, 9.17) is 23.2 Å². The second-order valence-corrected chi connectivity index (χ2v) is 4.52. The molecule has 82 valence electrons. The molecule has 0 amide bonds. The Balaban J connectivity index is 3.31. The van der Waals surface area contributed by atoms with E-state index in [0.29, 0.717) is 10.7 Å². The highest BCUT2D eigenvalue weighted by Crippen LogP contribution is 2.18. The van der Waals surface area contributed by atoms with Gasteiger partial charge in [-0.3, -0.25) is 4.57 Å². The third-order valence-electron chi connectivity index (χ3n) is 1.96. The fourth-order valence-electron chi connectivity index (χ4n) is 1.15. The van der Waals surface area contributed by atoms with Crippen LogP contribution in [0.4, 0.5) is 0 Å². The Morgan fingerprint density at radius 3 is 2.73 bits per heavy atom. The van der Waals surface area contributed by atoms with Crippen LogP contribution in [-0.4, -0.2) is 9.55 Å². The summed E-state index contributed by atoms with van der Waals surface area (Å²) in [5.74, 6) is 0. The van der Waals surface area contributed by atoms with E-state index in [1.165, 1.54) is 10.1 Å². The Morgan fingerprint density at radius 1 is 1.60 bits per heavy atom. The molecule has 0 radical (unpaired) electrons. The molecule has 0 atom stereocenters. The van der Waals surface area contributed by atoms with Gasteiger partial charge in [-0.15, -0.1) is 0 Å². The predicted molar refractivity (Wildman–Crippen MR) is 65.5 cm³/mol. The second-order valence-electron chi connectivity index (χ2n) is 3.02. The van der Waals surface area contributed by atoms with Gasteiger partial charge < -0.3 is 0 Å². The van der Waals surface area contributed by atoms with Gasteiger partial charge in [0.05, 0.1) is 16.7 Å². The molecule has 1 aromatic heterocycles. The minimum atomic E-state index is -0.329. The quantitative estimate of drug-likeness (QED) is 0.841. The maximum Gasteiger partial charge on any atom is 0.348 e. The first-order chi connectivity index (χ1) is 6.97. The predicted octanol–water partition coefficient (Wildman–Crippen LogP) is 2.94. The van der Waals surface area contributed by atoms with Crippen LogP contribution in [0, 0.1) is 13.8 Å². The number of allylic oxidation sites excluding steroid dienone is 1. The number of hydrogen-bond acceptors (Lipinski definition) is 2. The Hall–Kier alpha value is -0.320. The molecule has 6 heteroatoms. The molecule has 1 aromatic rings. The number of nitrogens with zero attached hydrogens (tertiary/aromatic N) is 2. The van der Waals surface area contributed by atoms with Crippen molar-refractivity contribution in [3.63, 3.8) is 0 Å². The zero-order valence-electron chi connectivity index (χ0n) is 8.22. The average molecular weight is 312 g/mol. The van der Waals surface area contributed by atoms with E-state index in [1.54, 1.807) is 6.92 Å². The van der Waals surface area contributed by atoms with Crippen LogP contribution in [0.2, 0.25) is 0 Å². The van der Waals surface area contributed by atoms with Crippen molar-refractivity contribution < 1.29 is 0 Å². The van der Waals surface area contributed by atoms with Crippen molar-refractivity contribution in [1.29, 1.82) is 0 Å². The van der Waals surface area contributed by atoms with E-state index in [-0.39, 0.29) is 12.2 Å². The number of hydrogen-bond donors (Lipinski definition) is 0. The Labute approximate surface area is 106 Å². The van der Waals surface area contributed by atoms with Gasteiger partial charge in [-0.1, -0.05) is 23.2 Å². The normalized spacial score (nSPS) is 11.9. The van der Waals surface area contributed by atoms with Gasteiger partial charge in [0.25, 0.3) is 0 Å². The molecule has 0 fully saturated rings. The first-order valence-corrected chi connectivity index (χ1v) is 5.76. The van der Waals surface area contributed by atoms with Crippen molar-refractivity contribution in [2.75, 3.05) is 0 Å². The van der Waals surface area contributed by atoms with E-state index in [0.717, 1.165) is 10.2 Å². The smallest absolute Gasteiger partial charge is 0.290 e. The maximum atomic E-state index is 11.6. The lowest BCUT2D eigenvalue weighted by atomic mass is 10.3. The van der Waals surface area contributed by atoms with Crippen molar-refractivity contribution >= 4 is 39.1 Å². The molecule has 15 heavy (non-hydrogen) atoms. The lowest BCUT2D eigenvalue weighted by Crippen LogP contribution is -2.26. The molecule has 0 saturated heterocycles. The van der Waals surface area contributed by atoms with Crippen LogP contribution in [0.15, 0.2) is 19.8 Å². The molecule has 0 aliphatic carbocycles. The zero-order valence-corrected chi connectivity index (χ0v) is 11.3. The first kappa shape index (κ1) is 12.7. The summed E-state index contributed by atoms with van der Waals surface area (Å²) in [6.07, 6.45) is 0. The summed E-state index contributed by atoms with van der Waals surface area (Å²) in [6.45, 7) is 3.82. The molecule has 3 nitrogen and oxygen atoms in total. The van der Waals surface area contributed by atoms with Gasteiger partial charge in [0.15, 0.2) is 0 Å². The number of halogens is 3. The summed E-state index contributed by atoms with van der Waals surface area (Å²) in [7, 11) is 0. The number of aryl methyl sites for hydroxylation is 1. The van der Waals surface area contributed by atoms with Gasteiger partial charge in [-0.2, -0.15) is 4.98 Å². The van der Waals surface area contributed by atoms with E-state index in [2.05, 4.69) is 20.9 Å². The molecule has 0 unspecified atom stereocenters. The zero-order chi connectivity index (χ0) is 11.6. The summed E-state index contributed by atoms with van der Waals surface area (Å²) in [6, 6.07) is 0. The van der Waals surface area contributed by atoms with Gasteiger partial charge >= 0.3 is 5.69 Å². The van der Waals surface area contributed by atoms with E-state index in [9.17, 15) is 4.79 Å². The summed E-state index contributed by atoms with van der Waals surface area (Å²) in [4.78, 5) is 15.4. The summed E-state index contributed by atoms with van der Waals surface area (Å²) in [5, 5.41) is 0.388. The lowest BCUT2D eigenvalue weighted by Gasteiger charge is -2.10. The molecule has 0 spiro atoms. The molecule has 0 aliphatic rings. The molecule has 1 rings (SSSR count). The topological polar surface area (TPSA) is 34.9 Å². The van der Waals surface area contributed by atoms with Gasteiger partial charge in [-0.05, 0) is 29.8 Å². The largest absolute Gasteiger partial charge is 0.348 e. The third-order valence-corrected chi connectivity index (χ3v) is 3.71. The van der Waals surface area contributed by atoms with Crippen LogP contribution in [0.1, 0.15) is 11.4 Å². The van der Waals surface area contributed by atoms with Crippen molar-refractivity contribution in [3.8, 4) is 0 Å². The van der Waals surface area contributed by atoms with Crippen molar-refractivity contribution in [2.24, 2.45) is 0 Å². The van der Waals surface area contributed by atoms with Crippen LogP contribution in [-0.2, 0) is 6.54 Å². The van der Waals surface area contributed by atoms with Gasteiger partial charge in [0, 0.05) is 16.3 Å². The monoisotopic (exact) mass is 310 g/mol. The highest BCUT2D eigenvalue weighted by atomic mass is 79.9. The summed E-state index contributed by atoms with van der Waals surface area (Å²) < 4.78 is 2.26. The van der Waals surface area contributed by atoms with E-state index in [1.807, 2.05) is 6.92 Å². The number of rotatable bonds is 2. The molecule has 0 aliphatic heterocycles. The van der Waals surface area contributed by atoms with Crippen LogP contribution in [0.3, 0.4) is 0 Å². The van der Waals surface area contributed by atoms with Crippen LogP contribution in [0.25, 0.3) is 0 Å². The number of aromatic nitrogens is 2. The first-order valence-electron chi connectivity index (χ1n) is 4.15. The van der Waals surface area contributed by atoms with Gasteiger partial charge in [0.1, 0.15) is 0 Å². The van der Waals surface area contributed by atoms with Crippen LogP contribution < -0.4 is 5.69 Å². The molecule has 0 N–H and O–H groups in total. The molecule has 0 saturated carbocycles. The SMILES string of the molecule is Cc1nc(=O)n(CC(Cl)=CCl)c(C)c1Br. The average Bonchev–Trinajstić information content (AvgIpc) is 2.21. The standard InChI is InChI=1S/C9H9BrCl2N2O/c1-5-8(10)6(2)14(9(15)13-5)4-7(12)3-11/h3H,4H2,1-2H3. The van der Waals surface area contributed by atoms with Gasteiger partial charge in [-0.25, -0.2) is 4.79 Å². The minimum Gasteiger partial charge on any atom is -0.290 e. The fraction of sp³-hybridized carbons (Fsp3) is 0.333. The van der Waals surface area contributed by atoms with Crippen LogP contribution in [0.5, 0.6) is 0 Å². The maximum absolute atomic E-state index is 11.6. The minimum absolute atomic E-state index is 0.238. The Bertz CT molecular complexity index is 468. The lowest BCUT2D eigenvalue weighted by molar-refractivity contribution is 0.696. The summed E-state index contributed by atoms with van der Waals surface area (Å²) in [5.41, 5.74) is 2.36. The highest BCUT2D eigenvalue weighted by molar-refractivity contribution is 9.10. The van der Waals surface area contributed by atoms with Crippen molar-refractivity contribution in [2.45, 2.75) is 20.4 Å². The Kier molecular flexibility index (Phi) is 4.37. The highest BCUT2D eigenvalue weighted by Gasteiger charge is 2.09. The third kappa shape index (κ3) is 2.83. The van der Waals surface area contributed by atoms with Crippen LogP contribution >= 0.6 is 39.1 Å².